The van der Waals surface area contributed by atoms with E-state index in [0.717, 1.165) is 24.8 Å². The third kappa shape index (κ3) is 2.32. The van der Waals surface area contributed by atoms with Crippen LogP contribution in [0.4, 0.5) is 0 Å². The highest BCUT2D eigenvalue weighted by Gasteiger charge is 2.28. The molecule has 3 rings (SSSR count). The number of benzene rings is 1. The van der Waals surface area contributed by atoms with E-state index in [-0.39, 0.29) is 22.7 Å². The summed E-state index contributed by atoms with van der Waals surface area (Å²) in [5, 5.41) is 12.0. The molecule has 1 aliphatic rings. The summed E-state index contributed by atoms with van der Waals surface area (Å²) in [6.07, 6.45) is 2.69. The van der Waals surface area contributed by atoms with Crippen molar-refractivity contribution in [1.29, 1.82) is 5.26 Å². The summed E-state index contributed by atoms with van der Waals surface area (Å²) in [6, 6.07) is 7.34. The minimum atomic E-state index is -0.179. The van der Waals surface area contributed by atoms with Crippen molar-refractivity contribution in [1.82, 2.24) is 10.3 Å². The molecule has 20 heavy (non-hydrogen) atoms. The van der Waals surface area contributed by atoms with Gasteiger partial charge in [0.2, 0.25) is 0 Å². The molecular formula is C14H13N3O2S. The molecule has 1 aliphatic carbocycles. The van der Waals surface area contributed by atoms with Gasteiger partial charge in [0.05, 0.1) is 17.5 Å². The Labute approximate surface area is 120 Å². The number of fused-ring (bicyclic) bond motifs is 1. The van der Waals surface area contributed by atoms with Gasteiger partial charge in [-0.05, 0) is 49.7 Å². The number of nitrogens with zero attached hydrogens (tertiary/aromatic N) is 1. The van der Waals surface area contributed by atoms with E-state index in [1.54, 1.807) is 18.2 Å². The molecule has 2 N–H and O–H groups in total. The molecule has 1 amide bonds. The third-order valence-electron chi connectivity index (χ3n) is 3.68. The van der Waals surface area contributed by atoms with E-state index in [1.165, 1.54) is 0 Å². The number of carbonyl (C=O) groups is 1. The molecule has 0 spiro atoms. The molecule has 1 aromatic carbocycles. The number of nitrogens with one attached hydrogen (secondary N) is 2. The number of hydrogen-bond acceptors (Lipinski definition) is 4. The molecule has 0 bridgehead atoms. The fourth-order valence-corrected chi connectivity index (χ4v) is 2.83. The number of carbonyl (C=O) groups excluding carboxylic acids is 1. The number of H-pyrrole nitrogens is 1. The average molecular weight is 287 g/mol. The van der Waals surface area contributed by atoms with Crippen LogP contribution in [0.5, 0.6) is 0 Å². The second-order valence-corrected chi connectivity index (χ2v) is 5.34. The summed E-state index contributed by atoms with van der Waals surface area (Å²) < 4.78 is 5.30. The lowest BCUT2D eigenvalue weighted by Crippen LogP contribution is -2.36. The van der Waals surface area contributed by atoms with Gasteiger partial charge in [-0.2, -0.15) is 5.26 Å². The lowest BCUT2D eigenvalue weighted by atomic mass is 10.1. The Morgan fingerprint density at radius 1 is 1.50 bits per heavy atom. The second kappa shape index (κ2) is 5.10. The van der Waals surface area contributed by atoms with E-state index < -0.39 is 0 Å². The summed E-state index contributed by atoms with van der Waals surface area (Å²) in [4.78, 5) is 15.4. The van der Waals surface area contributed by atoms with Crippen LogP contribution in [0, 0.1) is 22.1 Å². The van der Waals surface area contributed by atoms with Crippen LogP contribution >= 0.6 is 12.2 Å². The number of oxazole rings is 1. The third-order valence-corrected chi connectivity index (χ3v) is 3.87. The number of amides is 1. The highest BCUT2D eigenvalue weighted by Crippen LogP contribution is 2.25. The van der Waals surface area contributed by atoms with Gasteiger partial charge in [0.25, 0.3) is 10.7 Å². The minimum absolute atomic E-state index is 0.0547. The molecule has 0 aliphatic heterocycles. The van der Waals surface area contributed by atoms with Gasteiger partial charge in [0, 0.05) is 11.6 Å². The molecular weight excluding hydrogens is 274 g/mol. The first kappa shape index (κ1) is 12.9. The number of rotatable bonds is 2. The molecule has 1 saturated carbocycles. The quantitative estimate of drug-likeness (QED) is 0.832. The lowest BCUT2D eigenvalue weighted by molar-refractivity contribution is 0.0933. The zero-order valence-corrected chi connectivity index (χ0v) is 11.5. The maximum Gasteiger partial charge on any atom is 0.266 e. The Kier molecular flexibility index (Phi) is 3.28. The fraction of sp³-hybridized carbons (Fsp3) is 0.357. The monoisotopic (exact) mass is 287 g/mol. The van der Waals surface area contributed by atoms with Crippen LogP contribution in [0.2, 0.25) is 0 Å². The minimum Gasteiger partial charge on any atom is -0.429 e. The Balaban J connectivity index is 1.81. The van der Waals surface area contributed by atoms with E-state index in [4.69, 9.17) is 21.9 Å². The lowest BCUT2D eigenvalue weighted by Gasteiger charge is -2.15. The van der Waals surface area contributed by atoms with Gasteiger partial charge in [0.1, 0.15) is 0 Å². The Bertz CT molecular complexity index is 756. The standard InChI is InChI=1S/C14H13N3O2S/c15-7-9-2-1-3-10(9)16-13(18)8-4-5-11-12(6-8)19-14(20)17-11/h4-6,9-10H,1-3H2,(H,16,18)(H,17,20)/t9-,10-/m0/s1. The summed E-state index contributed by atoms with van der Waals surface area (Å²) in [7, 11) is 0. The van der Waals surface area contributed by atoms with Gasteiger partial charge in [-0.25, -0.2) is 0 Å². The topological polar surface area (TPSA) is 81.8 Å². The van der Waals surface area contributed by atoms with Crippen LogP contribution in [0.25, 0.3) is 11.1 Å². The molecule has 2 atom stereocenters. The van der Waals surface area contributed by atoms with Crippen LogP contribution in [-0.4, -0.2) is 16.9 Å². The molecule has 1 fully saturated rings. The predicted octanol–water partition coefficient (Wildman–Crippen LogP) is 2.91. The first-order valence-electron chi connectivity index (χ1n) is 6.51. The second-order valence-electron chi connectivity index (χ2n) is 4.97. The zero-order valence-electron chi connectivity index (χ0n) is 10.7. The van der Waals surface area contributed by atoms with Gasteiger partial charge in [-0.1, -0.05) is 0 Å². The highest BCUT2D eigenvalue weighted by atomic mass is 32.1. The normalized spacial score (nSPS) is 21.8. The van der Waals surface area contributed by atoms with Crippen molar-refractivity contribution in [3.8, 4) is 6.07 Å². The smallest absolute Gasteiger partial charge is 0.266 e. The maximum absolute atomic E-state index is 12.2. The van der Waals surface area contributed by atoms with Gasteiger partial charge in [0.15, 0.2) is 5.58 Å². The summed E-state index contributed by atoms with van der Waals surface area (Å²) in [5.74, 6) is -0.264. The van der Waals surface area contributed by atoms with Crippen LogP contribution in [0.15, 0.2) is 22.6 Å². The zero-order chi connectivity index (χ0) is 14.1. The van der Waals surface area contributed by atoms with Crippen molar-refractivity contribution < 1.29 is 9.21 Å². The molecule has 1 heterocycles. The van der Waals surface area contributed by atoms with Crippen molar-refractivity contribution in [2.45, 2.75) is 25.3 Å². The number of aromatic nitrogens is 1. The summed E-state index contributed by atoms with van der Waals surface area (Å²) in [6.45, 7) is 0. The van der Waals surface area contributed by atoms with E-state index in [9.17, 15) is 4.79 Å². The van der Waals surface area contributed by atoms with E-state index in [2.05, 4.69) is 16.4 Å². The number of aromatic amines is 1. The van der Waals surface area contributed by atoms with E-state index in [0.29, 0.717) is 11.1 Å². The fourth-order valence-electron chi connectivity index (χ4n) is 2.63. The van der Waals surface area contributed by atoms with Gasteiger partial charge in [-0.15, -0.1) is 0 Å². The van der Waals surface area contributed by atoms with Crippen LogP contribution in [0.1, 0.15) is 29.6 Å². The maximum atomic E-state index is 12.2. The van der Waals surface area contributed by atoms with Crippen molar-refractivity contribution >= 4 is 29.2 Å². The molecule has 1 aromatic heterocycles. The SMILES string of the molecule is N#C[C@@H]1CCC[C@@H]1NC(=O)c1ccc2[nH]c(=S)oc2c1. The van der Waals surface area contributed by atoms with Gasteiger partial charge in [-0.3, -0.25) is 4.79 Å². The molecule has 5 nitrogen and oxygen atoms in total. The first-order valence-corrected chi connectivity index (χ1v) is 6.91. The number of nitriles is 1. The Hall–Kier alpha value is -2.13. The van der Waals surface area contributed by atoms with Crippen LogP contribution in [-0.2, 0) is 0 Å². The van der Waals surface area contributed by atoms with Gasteiger partial charge < -0.3 is 14.7 Å². The number of hydrogen-bond donors (Lipinski definition) is 2. The molecule has 102 valence electrons. The van der Waals surface area contributed by atoms with E-state index >= 15 is 0 Å². The Morgan fingerprint density at radius 3 is 3.15 bits per heavy atom. The molecule has 2 aromatic rings. The van der Waals surface area contributed by atoms with Crippen LogP contribution in [0.3, 0.4) is 0 Å². The average Bonchev–Trinajstić information content (AvgIpc) is 3.02. The molecule has 0 radical (unpaired) electrons. The van der Waals surface area contributed by atoms with Crippen molar-refractivity contribution in [3.05, 3.63) is 28.6 Å². The van der Waals surface area contributed by atoms with Crippen LogP contribution < -0.4 is 5.32 Å². The van der Waals surface area contributed by atoms with Crippen molar-refractivity contribution in [2.24, 2.45) is 5.92 Å². The molecule has 0 unspecified atom stereocenters. The molecule has 0 saturated heterocycles. The first-order chi connectivity index (χ1) is 9.67. The Morgan fingerprint density at radius 2 is 2.35 bits per heavy atom. The van der Waals surface area contributed by atoms with E-state index in [1.807, 2.05) is 0 Å². The largest absolute Gasteiger partial charge is 0.429 e. The summed E-state index contributed by atoms with van der Waals surface area (Å²) >= 11 is 4.91. The predicted molar refractivity (Wildman–Crippen MR) is 75.6 cm³/mol. The molecule has 6 heteroatoms. The highest BCUT2D eigenvalue weighted by molar-refractivity contribution is 7.71. The summed E-state index contributed by atoms with van der Waals surface area (Å²) in [5.41, 5.74) is 1.84. The van der Waals surface area contributed by atoms with Crippen molar-refractivity contribution in [3.63, 3.8) is 0 Å². The van der Waals surface area contributed by atoms with Gasteiger partial charge >= 0.3 is 0 Å². The van der Waals surface area contributed by atoms with Crippen molar-refractivity contribution in [2.75, 3.05) is 0 Å².